The number of carbonyl (C=O) groups is 1. The van der Waals surface area contributed by atoms with Crippen LogP contribution in [0.2, 0.25) is 5.02 Å². The van der Waals surface area contributed by atoms with Crippen LogP contribution in [0.1, 0.15) is 25.8 Å². The second kappa shape index (κ2) is 3.28. The first-order valence-electron chi connectivity index (χ1n) is 4.94. The lowest BCUT2D eigenvalue weighted by molar-refractivity contribution is -0.117. The van der Waals surface area contributed by atoms with E-state index in [1.54, 1.807) is 0 Å². The van der Waals surface area contributed by atoms with Crippen molar-refractivity contribution in [3.05, 3.63) is 16.7 Å². The molecule has 0 fully saturated rings. The molecule has 5 heteroatoms. The minimum absolute atomic E-state index is 0.00407. The zero-order chi connectivity index (χ0) is 12.1. The molecule has 2 rings (SSSR count). The van der Waals surface area contributed by atoms with E-state index in [4.69, 9.17) is 17.3 Å². The number of anilines is 2. The van der Waals surface area contributed by atoms with Crippen LogP contribution in [0.4, 0.5) is 11.4 Å². The molecule has 0 aromatic heterocycles. The van der Waals surface area contributed by atoms with Gasteiger partial charge >= 0.3 is 0 Å². The van der Waals surface area contributed by atoms with Crippen molar-refractivity contribution in [1.82, 2.24) is 0 Å². The first-order valence-corrected chi connectivity index (χ1v) is 5.32. The van der Waals surface area contributed by atoms with Gasteiger partial charge in [0.1, 0.15) is 5.75 Å². The number of halogens is 1. The number of nitrogen functional groups attached to an aromatic ring is 1. The highest BCUT2D eigenvalue weighted by atomic mass is 35.5. The molecular formula is C11H13ClN2O2. The van der Waals surface area contributed by atoms with Crippen molar-refractivity contribution in [1.29, 1.82) is 0 Å². The SMILES string of the molecule is CC1(C)CC(=O)Nc2c(Cl)cc(N)c(O)c21. The summed E-state index contributed by atoms with van der Waals surface area (Å²) < 4.78 is 0. The number of nitrogens with two attached hydrogens (primary N) is 1. The van der Waals surface area contributed by atoms with Crippen molar-refractivity contribution >= 4 is 28.9 Å². The molecule has 0 saturated carbocycles. The highest BCUT2D eigenvalue weighted by Gasteiger charge is 2.36. The molecule has 0 aliphatic carbocycles. The lowest BCUT2D eigenvalue weighted by Gasteiger charge is -2.33. The molecule has 0 radical (unpaired) electrons. The van der Waals surface area contributed by atoms with E-state index in [-0.39, 0.29) is 17.3 Å². The number of aromatic hydroxyl groups is 1. The monoisotopic (exact) mass is 240 g/mol. The first kappa shape index (κ1) is 11.1. The molecule has 0 unspecified atom stereocenters. The van der Waals surface area contributed by atoms with E-state index >= 15 is 0 Å². The number of hydrogen-bond donors (Lipinski definition) is 3. The molecule has 1 aromatic carbocycles. The molecule has 1 amide bonds. The number of hydrogen-bond acceptors (Lipinski definition) is 3. The molecule has 0 atom stereocenters. The van der Waals surface area contributed by atoms with E-state index in [9.17, 15) is 9.90 Å². The van der Waals surface area contributed by atoms with Crippen LogP contribution in [-0.2, 0) is 10.2 Å². The molecule has 16 heavy (non-hydrogen) atoms. The number of rotatable bonds is 0. The molecule has 1 aliphatic rings. The fourth-order valence-corrected chi connectivity index (χ4v) is 2.37. The highest BCUT2D eigenvalue weighted by Crippen LogP contribution is 2.48. The Kier molecular flexibility index (Phi) is 2.27. The van der Waals surface area contributed by atoms with Crippen molar-refractivity contribution in [2.24, 2.45) is 0 Å². The van der Waals surface area contributed by atoms with Crippen LogP contribution < -0.4 is 11.1 Å². The second-order valence-electron chi connectivity index (χ2n) is 4.66. The summed E-state index contributed by atoms with van der Waals surface area (Å²) in [5.74, 6) is -0.104. The van der Waals surface area contributed by atoms with E-state index in [0.29, 0.717) is 22.7 Å². The maximum Gasteiger partial charge on any atom is 0.225 e. The highest BCUT2D eigenvalue weighted by molar-refractivity contribution is 6.34. The van der Waals surface area contributed by atoms with Gasteiger partial charge in [-0.15, -0.1) is 0 Å². The van der Waals surface area contributed by atoms with Crippen LogP contribution in [0.15, 0.2) is 6.07 Å². The molecule has 0 bridgehead atoms. The minimum Gasteiger partial charge on any atom is -0.505 e. The maximum absolute atomic E-state index is 11.5. The molecule has 4 nitrogen and oxygen atoms in total. The quantitative estimate of drug-likeness (QED) is 0.481. The van der Waals surface area contributed by atoms with Crippen LogP contribution in [0, 0.1) is 0 Å². The van der Waals surface area contributed by atoms with E-state index in [1.165, 1.54) is 6.07 Å². The zero-order valence-electron chi connectivity index (χ0n) is 9.10. The van der Waals surface area contributed by atoms with Crippen molar-refractivity contribution in [2.75, 3.05) is 11.1 Å². The minimum atomic E-state index is -0.471. The predicted molar refractivity (Wildman–Crippen MR) is 63.8 cm³/mol. The summed E-state index contributed by atoms with van der Waals surface area (Å²) in [6.07, 6.45) is 0.299. The van der Waals surface area contributed by atoms with Gasteiger partial charge in [-0.25, -0.2) is 0 Å². The number of phenols is 1. The summed E-state index contributed by atoms with van der Waals surface area (Å²) in [6, 6.07) is 1.44. The van der Waals surface area contributed by atoms with Crippen molar-refractivity contribution in [3.63, 3.8) is 0 Å². The Morgan fingerprint density at radius 3 is 2.81 bits per heavy atom. The smallest absolute Gasteiger partial charge is 0.225 e. The lowest BCUT2D eigenvalue weighted by atomic mass is 9.77. The van der Waals surface area contributed by atoms with Crippen molar-refractivity contribution in [2.45, 2.75) is 25.7 Å². The number of benzene rings is 1. The van der Waals surface area contributed by atoms with Gasteiger partial charge < -0.3 is 16.2 Å². The van der Waals surface area contributed by atoms with Crippen LogP contribution >= 0.6 is 11.6 Å². The molecule has 1 aliphatic heterocycles. The van der Waals surface area contributed by atoms with E-state index in [2.05, 4.69) is 5.32 Å². The van der Waals surface area contributed by atoms with Gasteiger partial charge in [-0.1, -0.05) is 25.4 Å². The van der Waals surface area contributed by atoms with Gasteiger partial charge in [0.05, 0.1) is 16.4 Å². The summed E-state index contributed by atoms with van der Waals surface area (Å²) in [4.78, 5) is 11.5. The van der Waals surface area contributed by atoms with Crippen LogP contribution in [-0.4, -0.2) is 11.0 Å². The molecule has 4 N–H and O–H groups in total. The van der Waals surface area contributed by atoms with E-state index in [1.807, 2.05) is 13.8 Å². The van der Waals surface area contributed by atoms with Crippen LogP contribution in [0.3, 0.4) is 0 Å². The molecule has 0 spiro atoms. The number of nitrogens with one attached hydrogen (secondary N) is 1. The largest absolute Gasteiger partial charge is 0.505 e. The maximum atomic E-state index is 11.5. The average molecular weight is 241 g/mol. The van der Waals surface area contributed by atoms with Gasteiger partial charge in [-0.2, -0.15) is 0 Å². The van der Waals surface area contributed by atoms with E-state index < -0.39 is 5.41 Å². The third kappa shape index (κ3) is 1.50. The summed E-state index contributed by atoms with van der Waals surface area (Å²) in [5.41, 5.74) is 6.49. The van der Waals surface area contributed by atoms with Gasteiger partial charge in [-0.05, 0) is 6.07 Å². The number of amides is 1. The zero-order valence-corrected chi connectivity index (χ0v) is 9.85. The average Bonchev–Trinajstić information content (AvgIpc) is 2.11. The fraction of sp³-hybridized carbons (Fsp3) is 0.364. The van der Waals surface area contributed by atoms with Gasteiger partial charge in [0.15, 0.2) is 0 Å². The number of fused-ring (bicyclic) bond motifs is 1. The van der Waals surface area contributed by atoms with Crippen molar-refractivity contribution < 1.29 is 9.90 Å². The van der Waals surface area contributed by atoms with Gasteiger partial charge in [0.2, 0.25) is 5.91 Å². The number of phenolic OH excluding ortho intramolecular Hbond substituents is 1. The third-order valence-electron chi connectivity index (χ3n) is 2.82. The Balaban J connectivity index is 2.77. The Labute approximate surface area is 98.4 Å². The summed E-state index contributed by atoms with van der Waals surface area (Å²) in [6.45, 7) is 3.75. The molecule has 1 heterocycles. The third-order valence-corrected chi connectivity index (χ3v) is 3.12. The van der Waals surface area contributed by atoms with E-state index in [0.717, 1.165) is 0 Å². The predicted octanol–water partition coefficient (Wildman–Crippen LogP) is 2.25. The second-order valence-corrected chi connectivity index (χ2v) is 5.06. The Bertz CT molecular complexity index is 483. The fourth-order valence-electron chi connectivity index (χ4n) is 2.11. The Hall–Kier alpha value is -1.42. The normalized spacial score (nSPS) is 17.8. The Morgan fingerprint density at radius 1 is 1.56 bits per heavy atom. The number of carbonyl (C=O) groups excluding carboxylic acids is 1. The van der Waals surface area contributed by atoms with Crippen LogP contribution in [0.25, 0.3) is 0 Å². The molecular weight excluding hydrogens is 228 g/mol. The van der Waals surface area contributed by atoms with Crippen LogP contribution in [0.5, 0.6) is 5.75 Å². The molecule has 1 aromatic rings. The Morgan fingerprint density at radius 2 is 2.19 bits per heavy atom. The van der Waals surface area contributed by atoms with Gasteiger partial charge in [-0.3, -0.25) is 4.79 Å². The lowest BCUT2D eigenvalue weighted by Crippen LogP contribution is -2.33. The summed E-state index contributed by atoms with van der Waals surface area (Å²) in [7, 11) is 0. The van der Waals surface area contributed by atoms with Gasteiger partial charge in [0.25, 0.3) is 0 Å². The summed E-state index contributed by atoms with van der Waals surface area (Å²) in [5, 5.41) is 13.0. The molecule has 86 valence electrons. The first-order chi connectivity index (χ1) is 7.33. The van der Waals surface area contributed by atoms with Gasteiger partial charge in [0, 0.05) is 17.4 Å². The standard InChI is InChI=1S/C11H13ClN2O2/c1-11(2)4-7(15)14-9-5(12)3-6(13)10(16)8(9)11/h3,16H,4,13H2,1-2H3,(H,14,15). The summed E-state index contributed by atoms with van der Waals surface area (Å²) >= 11 is 6.01. The molecule has 0 saturated heterocycles. The topological polar surface area (TPSA) is 75.4 Å². The van der Waals surface area contributed by atoms with Crippen molar-refractivity contribution in [3.8, 4) is 5.75 Å².